The predicted molar refractivity (Wildman–Crippen MR) is 154 cm³/mol. The molecule has 0 radical (unpaired) electrons. The molecule has 38 heavy (non-hydrogen) atoms. The molecule has 1 aromatic heterocycles. The zero-order valence-corrected chi connectivity index (χ0v) is 24.1. The van der Waals surface area contributed by atoms with Gasteiger partial charge in [-0.1, -0.05) is 69.1 Å². The molecule has 2 aromatic carbocycles. The fraction of sp³-hybridized carbons (Fsp3) is 0.400. The molecule has 204 valence electrons. The number of benzene rings is 2. The highest BCUT2D eigenvalue weighted by Crippen LogP contribution is 2.19. The molecule has 0 saturated heterocycles. The number of nitrogens with zero attached hydrogens (tertiary/aromatic N) is 3. The molecule has 3 aromatic rings. The number of ether oxygens (including phenoxy) is 1. The third kappa shape index (κ3) is 9.10. The van der Waals surface area contributed by atoms with E-state index in [0.717, 1.165) is 11.3 Å². The van der Waals surface area contributed by atoms with Crippen LogP contribution in [0.15, 0.2) is 66.9 Å². The van der Waals surface area contributed by atoms with Crippen LogP contribution < -0.4 is 4.74 Å². The Morgan fingerprint density at radius 1 is 0.842 bits per heavy atom. The Labute approximate surface area is 236 Å². The number of aromatic nitrogens is 1. The highest BCUT2D eigenvalue weighted by Gasteiger charge is 2.24. The van der Waals surface area contributed by atoms with Crippen molar-refractivity contribution in [3.63, 3.8) is 0 Å². The molecule has 0 fully saturated rings. The van der Waals surface area contributed by atoms with Crippen molar-refractivity contribution in [2.24, 2.45) is 11.8 Å². The lowest BCUT2D eigenvalue weighted by Gasteiger charge is -2.30. The number of hydrogen-bond donors (Lipinski definition) is 0. The molecule has 8 heteroatoms. The van der Waals surface area contributed by atoms with Gasteiger partial charge in [-0.15, -0.1) is 0 Å². The third-order valence-corrected chi connectivity index (χ3v) is 6.57. The van der Waals surface area contributed by atoms with E-state index in [-0.39, 0.29) is 36.8 Å². The fourth-order valence-corrected chi connectivity index (χ4v) is 4.50. The van der Waals surface area contributed by atoms with Crippen LogP contribution in [0.2, 0.25) is 10.0 Å². The Kier molecular flexibility index (Phi) is 11.1. The van der Waals surface area contributed by atoms with Crippen LogP contribution in [-0.2, 0) is 22.7 Å². The van der Waals surface area contributed by atoms with Gasteiger partial charge in [-0.3, -0.25) is 9.59 Å². The second-order valence-electron chi connectivity index (χ2n) is 10.3. The largest absolute Gasteiger partial charge is 0.484 e. The molecule has 1 heterocycles. The first kappa shape index (κ1) is 29.6. The number of amides is 2. The number of carbonyl (C=O) groups excluding carboxylic acids is 2. The van der Waals surface area contributed by atoms with Gasteiger partial charge in [0, 0.05) is 41.6 Å². The number of halogens is 2. The van der Waals surface area contributed by atoms with Gasteiger partial charge < -0.3 is 19.1 Å². The Bertz CT molecular complexity index is 1190. The lowest BCUT2D eigenvalue weighted by molar-refractivity contribution is -0.142. The van der Waals surface area contributed by atoms with E-state index in [1.54, 1.807) is 29.2 Å². The molecule has 0 aliphatic rings. The number of hydrogen-bond acceptors (Lipinski definition) is 3. The van der Waals surface area contributed by atoms with E-state index in [1.165, 1.54) is 0 Å². The fourth-order valence-electron chi connectivity index (χ4n) is 4.17. The molecule has 0 bridgehead atoms. The van der Waals surface area contributed by atoms with Crippen LogP contribution in [0.4, 0.5) is 0 Å². The second-order valence-corrected chi connectivity index (χ2v) is 11.1. The van der Waals surface area contributed by atoms with Crippen molar-refractivity contribution in [1.29, 1.82) is 0 Å². The molecule has 6 nitrogen and oxygen atoms in total. The highest BCUT2D eigenvalue weighted by atomic mass is 35.5. The van der Waals surface area contributed by atoms with Gasteiger partial charge in [0.25, 0.3) is 5.91 Å². The van der Waals surface area contributed by atoms with Crippen LogP contribution in [0.3, 0.4) is 0 Å². The Hall–Kier alpha value is -2.96. The minimum atomic E-state index is -0.228. The minimum Gasteiger partial charge on any atom is -0.484 e. The summed E-state index contributed by atoms with van der Waals surface area (Å²) < 4.78 is 7.78. The smallest absolute Gasteiger partial charge is 0.260 e. The first-order valence-corrected chi connectivity index (χ1v) is 13.7. The van der Waals surface area contributed by atoms with Crippen molar-refractivity contribution in [3.8, 4) is 5.75 Å². The summed E-state index contributed by atoms with van der Waals surface area (Å²) in [5.74, 6) is 0.708. The molecular formula is C30H37Cl2N3O3. The van der Waals surface area contributed by atoms with Crippen LogP contribution in [0.1, 0.15) is 39.0 Å². The van der Waals surface area contributed by atoms with E-state index in [4.69, 9.17) is 27.9 Å². The zero-order chi connectivity index (χ0) is 27.7. The predicted octanol–water partition coefficient (Wildman–Crippen LogP) is 6.39. The van der Waals surface area contributed by atoms with Gasteiger partial charge in [0.1, 0.15) is 5.75 Å². The van der Waals surface area contributed by atoms with Gasteiger partial charge in [-0.25, -0.2) is 0 Å². The van der Waals surface area contributed by atoms with Crippen molar-refractivity contribution in [3.05, 3.63) is 88.2 Å². The van der Waals surface area contributed by atoms with E-state index in [0.29, 0.717) is 42.0 Å². The van der Waals surface area contributed by atoms with Gasteiger partial charge in [0.15, 0.2) is 6.61 Å². The zero-order valence-electron chi connectivity index (χ0n) is 22.6. The van der Waals surface area contributed by atoms with Gasteiger partial charge in [-0.2, -0.15) is 0 Å². The van der Waals surface area contributed by atoms with Crippen LogP contribution in [0.25, 0.3) is 0 Å². The Balaban J connectivity index is 1.71. The van der Waals surface area contributed by atoms with Gasteiger partial charge in [-0.05, 0) is 59.9 Å². The monoisotopic (exact) mass is 557 g/mol. The molecule has 0 saturated carbocycles. The van der Waals surface area contributed by atoms with Crippen molar-refractivity contribution >= 4 is 35.0 Å². The summed E-state index contributed by atoms with van der Waals surface area (Å²) in [6.07, 6.45) is 2.00. The molecule has 0 spiro atoms. The number of rotatable bonds is 13. The summed E-state index contributed by atoms with van der Waals surface area (Å²) in [5.41, 5.74) is 2.02. The van der Waals surface area contributed by atoms with Crippen LogP contribution in [0.5, 0.6) is 5.75 Å². The first-order chi connectivity index (χ1) is 18.1. The normalized spacial score (nSPS) is 11.2. The van der Waals surface area contributed by atoms with E-state index in [9.17, 15) is 9.59 Å². The van der Waals surface area contributed by atoms with Crippen LogP contribution in [0, 0.1) is 11.8 Å². The Morgan fingerprint density at radius 2 is 1.50 bits per heavy atom. The summed E-state index contributed by atoms with van der Waals surface area (Å²) in [4.78, 5) is 30.1. The molecule has 0 atom stereocenters. The third-order valence-electron chi connectivity index (χ3n) is 5.95. The van der Waals surface area contributed by atoms with Gasteiger partial charge >= 0.3 is 0 Å². The molecule has 0 aliphatic heterocycles. The van der Waals surface area contributed by atoms with E-state index in [1.807, 2.05) is 61.3 Å². The highest BCUT2D eigenvalue weighted by molar-refractivity contribution is 6.31. The second kappa shape index (κ2) is 14.3. The summed E-state index contributed by atoms with van der Waals surface area (Å²) in [7, 11) is 0. The van der Waals surface area contributed by atoms with Gasteiger partial charge in [0.05, 0.1) is 13.1 Å². The summed E-state index contributed by atoms with van der Waals surface area (Å²) >= 11 is 12.3. The van der Waals surface area contributed by atoms with Crippen molar-refractivity contribution in [2.75, 3.05) is 26.2 Å². The summed E-state index contributed by atoms with van der Waals surface area (Å²) in [6.45, 7) is 10.2. The number of carbonyl (C=O) groups is 2. The Morgan fingerprint density at radius 3 is 2.16 bits per heavy atom. The summed E-state index contributed by atoms with van der Waals surface area (Å²) in [5, 5.41) is 1.31. The molecule has 2 amide bonds. The van der Waals surface area contributed by atoms with E-state index < -0.39 is 0 Å². The van der Waals surface area contributed by atoms with Crippen molar-refractivity contribution in [2.45, 2.75) is 40.8 Å². The molecular weight excluding hydrogens is 521 g/mol. The lowest BCUT2D eigenvalue weighted by atomic mass is 10.1. The average molecular weight is 559 g/mol. The molecule has 3 rings (SSSR count). The maximum absolute atomic E-state index is 13.6. The van der Waals surface area contributed by atoms with Crippen LogP contribution in [-0.4, -0.2) is 52.4 Å². The maximum atomic E-state index is 13.6. The summed E-state index contributed by atoms with van der Waals surface area (Å²) in [6, 6.07) is 18.6. The average Bonchev–Trinajstić information content (AvgIpc) is 3.30. The standard InChI is InChI=1S/C30H37Cl2N3O3/c1-22(2)16-34(19-26-9-7-15-33(26)18-24-8-5-6-10-28(24)32)29(36)20-35(17-23(3)4)30(37)21-38-27-13-11-25(31)12-14-27/h5-15,22-23H,16-21H2,1-4H3. The van der Waals surface area contributed by atoms with E-state index in [2.05, 4.69) is 18.4 Å². The first-order valence-electron chi connectivity index (χ1n) is 12.9. The minimum absolute atomic E-state index is 0.00106. The van der Waals surface area contributed by atoms with E-state index >= 15 is 0 Å². The molecule has 0 N–H and O–H groups in total. The quantitative estimate of drug-likeness (QED) is 0.244. The van der Waals surface area contributed by atoms with Gasteiger partial charge in [0.2, 0.25) is 5.91 Å². The van der Waals surface area contributed by atoms with Crippen molar-refractivity contribution in [1.82, 2.24) is 14.4 Å². The maximum Gasteiger partial charge on any atom is 0.260 e. The lowest BCUT2D eigenvalue weighted by Crippen LogP contribution is -2.46. The SMILES string of the molecule is CC(C)CN(CC(=O)N(Cc1cccn1Cc1ccccc1Cl)CC(C)C)C(=O)COc1ccc(Cl)cc1. The molecule has 0 unspecified atom stereocenters. The van der Waals surface area contributed by atoms with Crippen LogP contribution >= 0.6 is 23.2 Å². The molecule has 0 aliphatic carbocycles. The van der Waals surface area contributed by atoms with Crippen molar-refractivity contribution < 1.29 is 14.3 Å². The topological polar surface area (TPSA) is 54.8 Å².